The first-order valence-electron chi connectivity index (χ1n) is 7.54. The molecule has 2 aromatic carbocycles. The van der Waals surface area contributed by atoms with Crippen LogP contribution in [-0.2, 0) is 16.4 Å². The van der Waals surface area contributed by atoms with Gasteiger partial charge in [0.25, 0.3) is 5.69 Å². The molecule has 0 aliphatic rings. The van der Waals surface area contributed by atoms with Crippen molar-refractivity contribution in [1.29, 1.82) is 0 Å². The van der Waals surface area contributed by atoms with Gasteiger partial charge in [-0.25, -0.2) is 8.42 Å². The maximum atomic E-state index is 12.9. The quantitative estimate of drug-likeness (QED) is 0.556. The van der Waals surface area contributed by atoms with Gasteiger partial charge in [0.05, 0.1) is 4.92 Å². The lowest BCUT2D eigenvalue weighted by Crippen LogP contribution is -2.37. The van der Waals surface area contributed by atoms with E-state index in [9.17, 15) is 18.5 Å². The highest BCUT2D eigenvalue weighted by Crippen LogP contribution is 2.29. The maximum absolute atomic E-state index is 12.9. The summed E-state index contributed by atoms with van der Waals surface area (Å²) in [6.45, 7) is 0.314. The number of hydrogen-bond acceptors (Lipinski definition) is 5. The third-order valence-electron chi connectivity index (χ3n) is 3.61. The van der Waals surface area contributed by atoms with Gasteiger partial charge in [0.1, 0.15) is 0 Å². The molecule has 134 valence electrons. The molecule has 0 aliphatic heterocycles. The Kier molecular flexibility index (Phi) is 6.49. The van der Waals surface area contributed by atoms with Gasteiger partial charge in [-0.2, -0.15) is 4.31 Å². The molecule has 9 heteroatoms. The van der Waals surface area contributed by atoms with E-state index in [1.54, 1.807) is 0 Å². The second-order valence-electron chi connectivity index (χ2n) is 5.30. The molecule has 0 unspecified atom stereocenters. The van der Waals surface area contributed by atoms with Crippen LogP contribution >= 0.6 is 11.6 Å². The summed E-state index contributed by atoms with van der Waals surface area (Å²) in [5.74, 6) is 0. The van der Waals surface area contributed by atoms with Crippen molar-refractivity contribution < 1.29 is 13.3 Å². The summed E-state index contributed by atoms with van der Waals surface area (Å²) < 4.78 is 27.0. The van der Waals surface area contributed by atoms with Gasteiger partial charge in [-0.05, 0) is 24.1 Å². The second-order valence-corrected chi connectivity index (χ2v) is 7.64. The fraction of sp³-hybridized carbons (Fsp3) is 0.250. The van der Waals surface area contributed by atoms with Gasteiger partial charge in [-0.3, -0.25) is 10.1 Å². The maximum Gasteiger partial charge on any atom is 0.289 e. The monoisotopic (exact) mass is 383 g/mol. The van der Waals surface area contributed by atoms with E-state index < -0.39 is 25.5 Å². The lowest BCUT2D eigenvalue weighted by molar-refractivity contribution is -0.387. The molecule has 2 rings (SSSR count). The highest BCUT2D eigenvalue weighted by Gasteiger charge is 2.31. The summed E-state index contributed by atoms with van der Waals surface area (Å²) >= 11 is 5.85. The van der Waals surface area contributed by atoms with Crippen LogP contribution in [0.1, 0.15) is 5.56 Å². The van der Waals surface area contributed by atoms with E-state index in [2.05, 4.69) is 0 Å². The fourth-order valence-electron chi connectivity index (χ4n) is 2.38. The molecule has 0 amide bonds. The standard InChI is InChI=1S/C16H18ClN3O4S/c17-14-6-7-15(20(21)22)16(12-14)25(23,24)19(11-9-18)10-8-13-4-2-1-3-5-13/h1-7,12H,8-11,18H2. The van der Waals surface area contributed by atoms with Crippen molar-refractivity contribution >= 4 is 27.3 Å². The smallest absolute Gasteiger partial charge is 0.289 e. The normalized spacial score (nSPS) is 11.6. The Bertz CT molecular complexity index is 844. The van der Waals surface area contributed by atoms with Crippen molar-refractivity contribution in [3.63, 3.8) is 0 Å². The molecule has 0 aliphatic carbocycles. The molecule has 0 bridgehead atoms. The summed E-state index contributed by atoms with van der Waals surface area (Å²) in [5.41, 5.74) is 5.99. The lowest BCUT2D eigenvalue weighted by Gasteiger charge is -2.21. The number of nitrogens with two attached hydrogens (primary N) is 1. The van der Waals surface area contributed by atoms with Gasteiger partial charge >= 0.3 is 0 Å². The van der Waals surface area contributed by atoms with Gasteiger partial charge in [0.15, 0.2) is 4.90 Å². The number of nitro benzene ring substituents is 1. The molecule has 2 aromatic rings. The zero-order valence-corrected chi connectivity index (χ0v) is 14.9. The molecule has 0 aromatic heterocycles. The van der Waals surface area contributed by atoms with Gasteiger partial charge < -0.3 is 5.73 Å². The second kappa shape index (κ2) is 8.39. The van der Waals surface area contributed by atoms with Crippen molar-refractivity contribution in [3.05, 3.63) is 69.2 Å². The van der Waals surface area contributed by atoms with Crippen LogP contribution in [0.15, 0.2) is 53.4 Å². The van der Waals surface area contributed by atoms with Crippen LogP contribution in [0.5, 0.6) is 0 Å². The zero-order chi connectivity index (χ0) is 18.4. The number of hydrogen-bond donors (Lipinski definition) is 1. The predicted molar refractivity (Wildman–Crippen MR) is 96.1 cm³/mol. The molecule has 0 atom stereocenters. The van der Waals surface area contributed by atoms with Gasteiger partial charge in [-0.15, -0.1) is 0 Å². The van der Waals surface area contributed by atoms with Crippen molar-refractivity contribution in [2.75, 3.05) is 19.6 Å². The highest BCUT2D eigenvalue weighted by molar-refractivity contribution is 7.89. The van der Waals surface area contributed by atoms with Crippen LogP contribution in [0.25, 0.3) is 0 Å². The molecular formula is C16H18ClN3O4S. The lowest BCUT2D eigenvalue weighted by atomic mass is 10.1. The van der Waals surface area contributed by atoms with Gasteiger partial charge in [0, 0.05) is 30.7 Å². The number of halogens is 1. The molecule has 0 spiro atoms. The minimum Gasteiger partial charge on any atom is -0.329 e. The molecule has 0 saturated carbocycles. The first-order valence-corrected chi connectivity index (χ1v) is 9.36. The first kappa shape index (κ1) is 19.3. The molecule has 0 heterocycles. The number of rotatable bonds is 8. The first-order chi connectivity index (χ1) is 11.9. The summed E-state index contributed by atoms with van der Waals surface area (Å²) in [7, 11) is -4.10. The number of sulfonamides is 1. The summed E-state index contributed by atoms with van der Waals surface area (Å²) in [6, 6.07) is 12.8. The van der Waals surface area contributed by atoms with E-state index in [0.717, 1.165) is 22.0 Å². The number of benzene rings is 2. The van der Waals surface area contributed by atoms with Crippen molar-refractivity contribution in [2.24, 2.45) is 5.73 Å². The Hall–Kier alpha value is -2.00. The molecule has 0 radical (unpaired) electrons. The molecule has 0 fully saturated rings. The topological polar surface area (TPSA) is 107 Å². The minimum atomic E-state index is -4.10. The molecule has 0 saturated heterocycles. The SMILES string of the molecule is NCCN(CCc1ccccc1)S(=O)(=O)c1cc(Cl)ccc1[N+](=O)[O-]. The Morgan fingerprint density at radius 1 is 1.12 bits per heavy atom. The zero-order valence-electron chi connectivity index (χ0n) is 13.3. The molecular weight excluding hydrogens is 366 g/mol. The van der Waals surface area contributed by atoms with Gasteiger partial charge in [0.2, 0.25) is 10.0 Å². The third kappa shape index (κ3) is 4.76. The molecule has 7 nitrogen and oxygen atoms in total. The van der Waals surface area contributed by atoms with E-state index in [0.29, 0.717) is 6.42 Å². The fourth-order valence-corrected chi connectivity index (χ4v) is 4.25. The highest BCUT2D eigenvalue weighted by atomic mass is 35.5. The Balaban J connectivity index is 2.36. The third-order valence-corrected chi connectivity index (χ3v) is 5.77. The predicted octanol–water partition coefficient (Wildman–Crippen LogP) is 2.44. The Labute approximate surface area is 151 Å². The Morgan fingerprint density at radius 2 is 1.80 bits per heavy atom. The summed E-state index contributed by atoms with van der Waals surface area (Å²) in [4.78, 5) is 10.0. The van der Waals surface area contributed by atoms with E-state index in [1.165, 1.54) is 6.07 Å². The van der Waals surface area contributed by atoms with E-state index >= 15 is 0 Å². The van der Waals surface area contributed by atoms with E-state index in [-0.39, 0.29) is 24.7 Å². The average molecular weight is 384 g/mol. The van der Waals surface area contributed by atoms with E-state index in [4.69, 9.17) is 17.3 Å². The Morgan fingerprint density at radius 3 is 2.40 bits per heavy atom. The summed E-state index contributed by atoms with van der Waals surface area (Å²) in [6.07, 6.45) is 0.467. The van der Waals surface area contributed by atoms with Crippen LogP contribution in [0, 0.1) is 10.1 Å². The largest absolute Gasteiger partial charge is 0.329 e. The van der Waals surface area contributed by atoms with Gasteiger partial charge in [-0.1, -0.05) is 41.9 Å². The van der Waals surface area contributed by atoms with E-state index in [1.807, 2.05) is 30.3 Å². The van der Waals surface area contributed by atoms with Crippen LogP contribution in [-0.4, -0.2) is 37.3 Å². The van der Waals surface area contributed by atoms with Crippen molar-refractivity contribution in [3.8, 4) is 0 Å². The van der Waals surface area contributed by atoms with Crippen molar-refractivity contribution in [1.82, 2.24) is 4.31 Å². The number of nitro groups is 1. The van der Waals surface area contributed by atoms with Crippen LogP contribution in [0.4, 0.5) is 5.69 Å². The van der Waals surface area contributed by atoms with Crippen LogP contribution < -0.4 is 5.73 Å². The summed E-state index contributed by atoms with van der Waals surface area (Å²) in [5, 5.41) is 11.3. The van der Waals surface area contributed by atoms with Crippen LogP contribution in [0.3, 0.4) is 0 Å². The average Bonchev–Trinajstić information content (AvgIpc) is 2.59. The number of nitrogens with zero attached hydrogens (tertiary/aromatic N) is 2. The molecule has 2 N–H and O–H groups in total. The molecule has 25 heavy (non-hydrogen) atoms. The minimum absolute atomic E-state index is 0.0544. The van der Waals surface area contributed by atoms with Crippen molar-refractivity contribution in [2.45, 2.75) is 11.3 Å². The van der Waals surface area contributed by atoms with Crippen LogP contribution in [0.2, 0.25) is 5.02 Å².